The van der Waals surface area contributed by atoms with E-state index in [9.17, 15) is 0 Å². The summed E-state index contributed by atoms with van der Waals surface area (Å²) in [5.74, 6) is 2.13. The molecule has 0 atom stereocenters. The Labute approximate surface area is 85.8 Å². The van der Waals surface area contributed by atoms with Crippen LogP contribution < -0.4 is 5.11 Å². The van der Waals surface area contributed by atoms with Gasteiger partial charge in [0.2, 0.25) is 14.8 Å². The van der Waals surface area contributed by atoms with E-state index in [-0.39, 0.29) is 0 Å². The maximum atomic E-state index is 9.11. The number of hydrogen-bond acceptors (Lipinski definition) is 2. The highest BCUT2D eigenvalue weighted by Gasteiger charge is 2.09. The summed E-state index contributed by atoms with van der Waals surface area (Å²) >= 11 is 3.63. The number of rotatable bonds is 4. The minimum absolute atomic E-state index is 0.542. The molecular formula is C8H18BrNOS. The van der Waals surface area contributed by atoms with Crippen molar-refractivity contribution >= 4 is 30.0 Å². The normalized spacial score (nSPS) is 9.08. The van der Waals surface area contributed by atoms with Gasteiger partial charge in [-0.15, -0.1) is 0 Å². The quantitative estimate of drug-likeness (QED) is 0.467. The van der Waals surface area contributed by atoms with Gasteiger partial charge in [0.05, 0.1) is 9.33 Å². The van der Waals surface area contributed by atoms with Gasteiger partial charge >= 0.3 is 0 Å². The van der Waals surface area contributed by atoms with Gasteiger partial charge in [-0.3, -0.25) is 0 Å². The predicted molar refractivity (Wildman–Crippen MR) is 60.0 cm³/mol. The average Bonchev–Trinajstić information content (AvgIpc) is 1.87. The lowest BCUT2D eigenvalue weighted by Gasteiger charge is -1.92. The van der Waals surface area contributed by atoms with Gasteiger partial charge in [-0.25, -0.2) is 0 Å². The molecule has 1 N–H and O–H groups in total. The lowest BCUT2D eigenvalue weighted by Crippen LogP contribution is -2.08. The van der Waals surface area contributed by atoms with Crippen LogP contribution in [-0.4, -0.2) is 17.4 Å². The van der Waals surface area contributed by atoms with E-state index in [1.807, 2.05) is 0 Å². The molecule has 0 rings (SSSR count). The van der Waals surface area contributed by atoms with Crippen molar-refractivity contribution < 1.29 is 5.11 Å². The van der Waals surface area contributed by atoms with Crippen molar-refractivity contribution in [2.75, 3.05) is 11.5 Å². The monoisotopic (exact) mass is 255 g/mol. The van der Waals surface area contributed by atoms with Gasteiger partial charge in [0, 0.05) is 0 Å². The number of halogens is 1. The first-order valence-corrected chi connectivity index (χ1v) is 7.51. The summed E-state index contributed by atoms with van der Waals surface area (Å²) < 4.78 is 0. The molecule has 0 aromatic heterocycles. The lowest BCUT2D eigenvalue weighted by atomic mass is 10.6. The zero-order valence-electron chi connectivity index (χ0n) is 8.02. The van der Waals surface area contributed by atoms with Crippen molar-refractivity contribution in [2.45, 2.75) is 33.6 Å². The van der Waals surface area contributed by atoms with E-state index in [2.05, 4.69) is 28.7 Å². The highest BCUT2D eigenvalue weighted by Crippen LogP contribution is 2.08. The van der Waals surface area contributed by atoms with Crippen LogP contribution in [0.4, 0.5) is 0 Å². The molecule has 0 aromatic rings. The fourth-order valence-electron chi connectivity index (χ4n) is 0.545. The summed E-state index contributed by atoms with van der Waals surface area (Å²) in [5, 5.41) is 15.1. The molecule has 4 heteroatoms. The zero-order valence-corrected chi connectivity index (χ0v) is 10.4. The van der Waals surface area contributed by atoms with Crippen LogP contribution in [0.1, 0.15) is 33.6 Å². The Balaban J connectivity index is 0. The molecule has 0 spiro atoms. The maximum absolute atomic E-state index is 9.11. The molecule has 0 radical (unpaired) electrons. The van der Waals surface area contributed by atoms with Crippen molar-refractivity contribution in [3.63, 3.8) is 0 Å². The molecule has 0 aliphatic heterocycles. The number of nitrogens with one attached hydrogen (secondary N) is 1. The minimum atomic E-state index is -0.583. The standard InChI is InChI=1S/C6H14BrS.C2H5NO/c1-3-5-8(7)6-4-2;1-2(3)4/h3-6H2,1-2H3;1H3,(H2,3,4)/q+1;/p-1. The van der Waals surface area contributed by atoms with Gasteiger partial charge in [0.15, 0.2) is 0 Å². The third-order valence-electron chi connectivity index (χ3n) is 0.851. The van der Waals surface area contributed by atoms with Gasteiger partial charge in [0.25, 0.3) is 0 Å². The molecular weight excluding hydrogens is 238 g/mol. The van der Waals surface area contributed by atoms with Crippen molar-refractivity contribution in [1.29, 1.82) is 5.41 Å². The average molecular weight is 256 g/mol. The molecule has 0 saturated carbocycles. The van der Waals surface area contributed by atoms with Crippen LogP contribution in [0.25, 0.3) is 0 Å². The predicted octanol–water partition coefficient (Wildman–Crippen LogP) is 2.08. The third-order valence-corrected chi connectivity index (χ3v) is 4.50. The highest BCUT2D eigenvalue weighted by molar-refractivity contribution is 9.48. The molecule has 0 unspecified atom stereocenters. The van der Waals surface area contributed by atoms with Crippen molar-refractivity contribution in [3.05, 3.63) is 0 Å². The van der Waals surface area contributed by atoms with Gasteiger partial charge in [-0.05, 0) is 25.7 Å². The van der Waals surface area contributed by atoms with Gasteiger partial charge in [-0.2, -0.15) is 0 Å². The van der Waals surface area contributed by atoms with Crippen molar-refractivity contribution in [3.8, 4) is 0 Å². The summed E-state index contributed by atoms with van der Waals surface area (Å²) in [7, 11) is 0.542. The van der Waals surface area contributed by atoms with Crippen LogP contribution in [0.2, 0.25) is 0 Å². The van der Waals surface area contributed by atoms with Crippen LogP contribution in [0.3, 0.4) is 0 Å². The van der Waals surface area contributed by atoms with Crippen molar-refractivity contribution in [2.24, 2.45) is 0 Å². The fourth-order valence-corrected chi connectivity index (χ4v) is 3.58. The maximum Gasteiger partial charge on any atom is 0.232 e. The molecule has 74 valence electrons. The first-order valence-electron chi connectivity index (χ1n) is 4.10. The topological polar surface area (TPSA) is 46.9 Å². The van der Waals surface area contributed by atoms with Crippen LogP contribution in [0.15, 0.2) is 0 Å². The van der Waals surface area contributed by atoms with E-state index in [0.717, 1.165) is 0 Å². The van der Waals surface area contributed by atoms with E-state index in [0.29, 0.717) is 9.33 Å². The SMILES string of the molecule is CC(=N)[O-].CCC[S+](Br)CCC. The molecule has 0 aliphatic carbocycles. The van der Waals surface area contributed by atoms with E-state index in [1.54, 1.807) is 0 Å². The Morgan fingerprint density at radius 1 is 1.33 bits per heavy atom. The molecule has 12 heavy (non-hydrogen) atoms. The fraction of sp³-hybridized carbons (Fsp3) is 0.875. The smallest absolute Gasteiger partial charge is 0.232 e. The summed E-state index contributed by atoms with van der Waals surface area (Å²) in [6.07, 6.45) is 2.63. The molecule has 2 nitrogen and oxygen atoms in total. The van der Waals surface area contributed by atoms with E-state index < -0.39 is 5.90 Å². The second-order valence-electron chi connectivity index (χ2n) is 2.39. The summed E-state index contributed by atoms with van der Waals surface area (Å²) in [4.78, 5) is 0. The van der Waals surface area contributed by atoms with Gasteiger partial charge in [-0.1, -0.05) is 13.8 Å². The zero-order chi connectivity index (χ0) is 9.98. The Kier molecular flexibility index (Phi) is 13.9. The molecule has 0 fully saturated rings. The van der Waals surface area contributed by atoms with E-state index in [1.165, 1.54) is 31.3 Å². The Morgan fingerprint density at radius 2 is 1.58 bits per heavy atom. The summed E-state index contributed by atoms with van der Waals surface area (Å²) in [5.41, 5.74) is 0. The molecule has 0 bridgehead atoms. The first-order chi connectivity index (χ1) is 5.54. The summed E-state index contributed by atoms with van der Waals surface area (Å²) in [6, 6.07) is 0. The molecule has 0 heterocycles. The Morgan fingerprint density at radius 3 is 1.75 bits per heavy atom. The largest absolute Gasteiger partial charge is 0.862 e. The molecule has 0 amide bonds. The third kappa shape index (κ3) is 22.4. The van der Waals surface area contributed by atoms with Crippen LogP contribution in [0, 0.1) is 5.41 Å². The number of hydrogen-bond donors (Lipinski definition) is 1. The Bertz CT molecular complexity index is 101. The molecule has 0 aromatic carbocycles. The van der Waals surface area contributed by atoms with Crippen LogP contribution in [-0.2, 0) is 9.33 Å². The van der Waals surface area contributed by atoms with Gasteiger partial charge in [0.1, 0.15) is 11.5 Å². The second-order valence-corrected chi connectivity index (χ2v) is 6.79. The van der Waals surface area contributed by atoms with Crippen molar-refractivity contribution in [1.82, 2.24) is 0 Å². The lowest BCUT2D eigenvalue weighted by molar-refractivity contribution is -0.217. The van der Waals surface area contributed by atoms with Gasteiger partial charge < -0.3 is 10.5 Å². The summed E-state index contributed by atoms with van der Waals surface area (Å²) in [6.45, 7) is 5.66. The minimum Gasteiger partial charge on any atom is -0.862 e. The highest BCUT2D eigenvalue weighted by atomic mass is 79.9. The molecule has 0 saturated heterocycles. The Hall–Kier alpha value is 0.300. The van der Waals surface area contributed by atoms with E-state index in [4.69, 9.17) is 10.5 Å². The molecule has 0 aliphatic rings. The van der Waals surface area contributed by atoms with Crippen LogP contribution >= 0.6 is 14.8 Å². The second kappa shape index (κ2) is 11.3. The van der Waals surface area contributed by atoms with Crippen LogP contribution in [0.5, 0.6) is 0 Å². The first kappa shape index (κ1) is 14.8. The van der Waals surface area contributed by atoms with E-state index >= 15 is 0 Å².